The second kappa shape index (κ2) is 40.5. The second-order valence-electron chi connectivity index (χ2n) is 0.519. The van der Waals surface area contributed by atoms with Crippen LogP contribution in [0.4, 0.5) is 0 Å². The van der Waals surface area contributed by atoms with Gasteiger partial charge in [-0.1, -0.05) is 0 Å². The summed E-state index contributed by atoms with van der Waals surface area (Å²) < 4.78 is 0. The van der Waals surface area contributed by atoms with Crippen LogP contribution in [0.5, 0.6) is 0 Å². The van der Waals surface area contributed by atoms with Crippen molar-refractivity contribution in [2.45, 2.75) is 6.92 Å². The fourth-order valence-corrected chi connectivity index (χ4v) is 0. The molecule has 58 valence electrons. The Hall–Kier alpha value is 0.310. The molecule has 0 bridgehead atoms. The van der Waals surface area contributed by atoms with Crippen molar-refractivity contribution in [3.63, 3.8) is 0 Å². The fraction of sp³-hybridized carbons (Fsp3) is 0.500. The van der Waals surface area contributed by atoms with Crippen molar-refractivity contribution >= 4 is 35.5 Å². The Morgan fingerprint density at radius 1 is 1.11 bits per heavy atom. The van der Waals surface area contributed by atoms with Crippen molar-refractivity contribution in [3.05, 3.63) is 0 Å². The molecule has 9 heavy (non-hydrogen) atoms. The monoisotopic (exact) mass is 156 g/mol. The third-order valence-corrected chi connectivity index (χ3v) is 0. The number of carboxylic acid groups (broad SMARTS) is 1. The van der Waals surface area contributed by atoms with E-state index >= 15 is 0 Å². The average Bonchev–Trinajstić information content (AvgIpc) is 0.811. The summed E-state index contributed by atoms with van der Waals surface area (Å²) in [6.07, 6.45) is 0. The van der Waals surface area contributed by atoms with Gasteiger partial charge in [0.05, 0.1) is 0 Å². The van der Waals surface area contributed by atoms with Gasteiger partial charge in [0.2, 0.25) is 0 Å². The van der Waals surface area contributed by atoms with E-state index in [0.717, 1.165) is 6.92 Å². The maximum absolute atomic E-state index is 9.00. The number of aliphatic carboxylic acids is 1. The Morgan fingerprint density at radius 2 is 1.11 bits per heavy atom. The van der Waals surface area contributed by atoms with Gasteiger partial charge in [-0.3, -0.25) is 4.79 Å². The van der Waals surface area contributed by atoms with Crippen LogP contribution in [-0.2, 0) is 4.79 Å². The van der Waals surface area contributed by atoms with Gasteiger partial charge >= 0.3 is 29.6 Å². The van der Waals surface area contributed by atoms with Gasteiger partial charge in [0.15, 0.2) is 0 Å². The first-order valence-electron chi connectivity index (χ1n) is 0.928. The zero-order valence-electron chi connectivity index (χ0n) is 4.36. The molecular weight excluding hydrogens is 143 g/mol. The molecule has 0 spiro atoms. The van der Waals surface area contributed by atoms with Crippen molar-refractivity contribution < 1.29 is 31.8 Å². The van der Waals surface area contributed by atoms with E-state index in [-0.39, 0.29) is 51.5 Å². The van der Waals surface area contributed by atoms with Crippen molar-refractivity contribution in [1.82, 2.24) is 0 Å². The van der Waals surface area contributed by atoms with Gasteiger partial charge in [-0.25, -0.2) is 0 Å². The van der Waals surface area contributed by atoms with E-state index in [4.69, 9.17) is 9.90 Å². The first kappa shape index (κ1) is 58.7. The molecule has 0 aliphatic heterocycles. The minimum absolute atomic E-state index is 0. The van der Waals surface area contributed by atoms with Crippen LogP contribution in [0.2, 0.25) is 0 Å². The molecule has 0 rings (SSSR count). The first-order chi connectivity index (χ1) is 1.73. The molecule has 9 N–H and O–H groups in total. The molecule has 0 radical (unpaired) electrons. The van der Waals surface area contributed by atoms with Gasteiger partial charge < -0.3 is 27.0 Å². The molecular formula is C2H13NaO6. The van der Waals surface area contributed by atoms with Crippen LogP contribution in [0.15, 0.2) is 0 Å². The minimum atomic E-state index is -0.833. The first-order valence-corrected chi connectivity index (χ1v) is 0.928. The van der Waals surface area contributed by atoms with Crippen molar-refractivity contribution in [2.24, 2.45) is 0 Å². The Bertz CT molecular complexity index is 34.0. The van der Waals surface area contributed by atoms with Gasteiger partial charge in [0.1, 0.15) is 0 Å². The van der Waals surface area contributed by atoms with E-state index in [1.54, 1.807) is 0 Å². The van der Waals surface area contributed by atoms with Gasteiger partial charge in [-0.15, -0.1) is 0 Å². The molecule has 0 saturated carbocycles. The Labute approximate surface area is 74.4 Å². The molecule has 0 aromatic carbocycles. The molecule has 0 unspecified atom stereocenters. The van der Waals surface area contributed by atoms with E-state index < -0.39 is 5.97 Å². The summed E-state index contributed by atoms with van der Waals surface area (Å²) in [4.78, 5) is 9.00. The van der Waals surface area contributed by atoms with E-state index in [0.29, 0.717) is 0 Å². The van der Waals surface area contributed by atoms with Gasteiger partial charge in [0, 0.05) is 6.92 Å². The summed E-state index contributed by atoms with van der Waals surface area (Å²) in [6.45, 7) is 1.08. The van der Waals surface area contributed by atoms with Crippen LogP contribution in [0.25, 0.3) is 0 Å². The second-order valence-corrected chi connectivity index (χ2v) is 0.519. The molecule has 6 nitrogen and oxygen atoms in total. The third kappa shape index (κ3) is 3440. The number of rotatable bonds is 0. The molecule has 0 aromatic rings. The van der Waals surface area contributed by atoms with Crippen LogP contribution in [-0.4, -0.2) is 62.5 Å². The van der Waals surface area contributed by atoms with Crippen molar-refractivity contribution in [3.8, 4) is 0 Å². The normalized spacial score (nSPS) is 2.78. The number of hydrogen-bond donors (Lipinski definition) is 1. The third-order valence-electron chi connectivity index (χ3n) is 0. The standard InChI is InChI=1S/C2H4O2.Na.4H2O.H/c1-2(3)4;;;;;;/h1H3,(H,3,4);;4*1H2;. The van der Waals surface area contributed by atoms with Crippen LogP contribution < -0.4 is 0 Å². The Morgan fingerprint density at radius 3 is 1.11 bits per heavy atom. The zero-order chi connectivity index (χ0) is 3.58. The van der Waals surface area contributed by atoms with Crippen LogP contribution in [0.3, 0.4) is 0 Å². The summed E-state index contributed by atoms with van der Waals surface area (Å²) in [5.41, 5.74) is 0. The fourth-order valence-electron chi connectivity index (χ4n) is 0. The Kier molecular flexibility index (Phi) is 264. The van der Waals surface area contributed by atoms with Gasteiger partial charge in [-0.05, 0) is 0 Å². The van der Waals surface area contributed by atoms with Crippen molar-refractivity contribution in [2.75, 3.05) is 0 Å². The Balaban J connectivity index is -0.00000000450. The SMILES string of the molecule is CC(=O)O.O.O.O.O.[NaH]. The molecule has 0 amide bonds. The van der Waals surface area contributed by atoms with E-state index in [2.05, 4.69) is 0 Å². The molecule has 0 fully saturated rings. The number of carboxylic acids is 1. The molecule has 0 aliphatic carbocycles. The average molecular weight is 156 g/mol. The van der Waals surface area contributed by atoms with E-state index in [9.17, 15) is 0 Å². The summed E-state index contributed by atoms with van der Waals surface area (Å²) in [7, 11) is 0. The topological polar surface area (TPSA) is 163 Å². The molecule has 7 heteroatoms. The van der Waals surface area contributed by atoms with Crippen LogP contribution in [0, 0.1) is 0 Å². The number of carbonyl (C=O) groups is 1. The molecule has 0 aliphatic rings. The summed E-state index contributed by atoms with van der Waals surface area (Å²) >= 11 is 0. The predicted molar refractivity (Wildman–Crippen MR) is 34.9 cm³/mol. The summed E-state index contributed by atoms with van der Waals surface area (Å²) in [5, 5.41) is 7.42. The molecule has 0 saturated heterocycles. The summed E-state index contributed by atoms with van der Waals surface area (Å²) in [6, 6.07) is 0. The van der Waals surface area contributed by atoms with E-state index in [1.165, 1.54) is 0 Å². The molecule has 0 heterocycles. The van der Waals surface area contributed by atoms with Gasteiger partial charge in [0.25, 0.3) is 5.97 Å². The van der Waals surface area contributed by atoms with Gasteiger partial charge in [-0.2, -0.15) is 0 Å². The molecule has 0 aromatic heterocycles. The quantitative estimate of drug-likeness (QED) is 0.355. The predicted octanol–water partition coefficient (Wildman–Crippen LogP) is -3.86. The van der Waals surface area contributed by atoms with Crippen LogP contribution in [0.1, 0.15) is 6.92 Å². The van der Waals surface area contributed by atoms with E-state index in [1.807, 2.05) is 0 Å². The zero-order valence-corrected chi connectivity index (χ0v) is 4.36. The summed E-state index contributed by atoms with van der Waals surface area (Å²) in [5.74, 6) is -0.833. The van der Waals surface area contributed by atoms with Crippen molar-refractivity contribution in [1.29, 1.82) is 0 Å². The maximum atomic E-state index is 9.00. The molecule has 0 atom stereocenters. The van der Waals surface area contributed by atoms with Crippen LogP contribution >= 0.6 is 0 Å². The number of hydrogen-bond acceptors (Lipinski definition) is 1.